The summed E-state index contributed by atoms with van der Waals surface area (Å²) >= 11 is 0. The highest BCUT2D eigenvalue weighted by atomic mass is 16.5. The normalized spacial score (nSPS) is 20.4. The summed E-state index contributed by atoms with van der Waals surface area (Å²) in [7, 11) is 0. The van der Waals surface area contributed by atoms with Gasteiger partial charge in [0.25, 0.3) is 0 Å². The Bertz CT molecular complexity index is 629. The van der Waals surface area contributed by atoms with E-state index in [4.69, 9.17) is 15.2 Å². The third-order valence-electron chi connectivity index (χ3n) is 5.29. The molecule has 0 saturated carbocycles. The van der Waals surface area contributed by atoms with Gasteiger partial charge in [0.2, 0.25) is 11.8 Å². The van der Waals surface area contributed by atoms with E-state index in [0.29, 0.717) is 32.7 Å². The molecular formula is C20H29N3O4. The van der Waals surface area contributed by atoms with Crippen molar-refractivity contribution in [2.24, 2.45) is 5.73 Å². The fourth-order valence-corrected chi connectivity index (χ4v) is 3.80. The first-order chi connectivity index (χ1) is 13.1. The Hall–Kier alpha value is -2.12. The number of para-hydroxylation sites is 1. The number of amides is 2. The monoisotopic (exact) mass is 375 g/mol. The first kappa shape index (κ1) is 19.6. The molecule has 2 N–H and O–H groups in total. The smallest absolute Gasteiger partial charge is 0.231 e. The number of nitrogens with zero attached hydrogens (tertiary/aromatic N) is 2. The minimum atomic E-state index is -0.305. The highest BCUT2D eigenvalue weighted by Crippen LogP contribution is 2.30. The minimum Gasteiger partial charge on any atom is -0.494 e. The second-order valence-corrected chi connectivity index (χ2v) is 7.35. The van der Waals surface area contributed by atoms with Crippen molar-refractivity contribution in [2.45, 2.75) is 31.3 Å². The maximum atomic E-state index is 12.4. The second kappa shape index (κ2) is 9.19. The molecular weight excluding hydrogens is 346 g/mol. The van der Waals surface area contributed by atoms with Gasteiger partial charge in [-0.1, -0.05) is 18.2 Å². The fourth-order valence-electron chi connectivity index (χ4n) is 3.80. The predicted molar refractivity (Wildman–Crippen MR) is 101 cm³/mol. The van der Waals surface area contributed by atoms with Crippen molar-refractivity contribution < 1.29 is 19.1 Å². The molecule has 1 spiro atoms. The molecule has 27 heavy (non-hydrogen) atoms. The molecule has 2 amide bonds. The third kappa shape index (κ3) is 5.68. The molecule has 0 atom stereocenters. The van der Waals surface area contributed by atoms with Crippen LogP contribution in [0.4, 0.5) is 0 Å². The lowest BCUT2D eigenvalue weighted by Gasteiger charge is -2.42. The molecule has 7 heteroatoms. The zero-order chi connectivity index (χ0) is 19.1. The number of hydrogen-bond acceptors (Lipinski definition) is 5. The lowest BCUT2D eigenvalue weighted by atomic mass is 9.90. The van der Waals surface area contributed by atoms with Gasteiger partial charge in [0, 0.05) is 26.2 Å². The van der Waals surface area contributed by atoms with E-state index in [1.54, 1.807) is 0 Å². The number of nitrogens with two attached hydrogens (primary N) is 1. The molecule has 148 valence electrons. The first-order valence-corrected chi connectivity index (χ1v) is 9.67. The van der Waals surface area contributed by atoms with Crippen molar-refractivity contribution in [3.05, 3.63) is 30.3 Å². The molecule has 2 aliphatic rings. The Morgan fingerprint density at radius 3 is 2.67 bits per heavy atom. The summed E-state index contributed by atoms with van der Waals surface area (Å²) in [5.74, 6) is 0.690. The van der Waals surface area contributed by atoms with Crippen LogP contribution in [0.5, 0.6) is 5.75 Å². The van der Waals surface area contributed by atoms with E-state index < -0.39 is 0 Å². The average molecular weight is 375 g/mol. The van der Waals surface area contributed by atoms with Crippen LogP contribution >= 0.6 is 0 Å². The van der Waals surface area contributed by atoms with Crippen molar-refractivity contribution in [2.75, 3.05) is 45.9 Å². The number of carbonyl (C=O) groups is 2. The van der Waals surface area contributed by atoms with Crippen molar-refractivity contribution in [3.8, 4) is 5.75 Å². The largest absolute Gasteiger partial charge is 0.494 e. The number of benzene rings is 1. The molecule has 3 rings (SSSR count). The predicted octanol–water partition coefficient (Wildman–Crippen LogP) is 1.02. The van der Waals surface area contributed by atoms with E-state index in [1.807, 2.05) is 35.2 Å². The Morgan fingerprint density at radius 2 is 1.96 bits per heavy atom. The zero-order valence-corrected chi connectivity index (χ0v) is 15.8. The highest BCUT2D eigenvalue weighted by molar-refractivity contribution is 5.76. The van der Waals surface area contributed by atoms with E-state index in [1.165, 1.54) is 0 Å². The number of hydrogen-bond donors (Lipinski definition) is 1. The SMILES string of the molecule is NC(=O)CN1CCC2(CC1)CN(CCCOc1ccccc1)C(=O)CCO2. The van der Waals surface area contributed by atoms with E-state index >= 15 is 0 Å². The van der Waals surface area contributed by atoms with Gasteiger partial charge in [0.15, 0.2) is 0 Å². The van der Waals surface area contributed by atoms with Crippen LogP contribution in [0, 0.1) is 0 Å². The van der Waals surface area contributed by atoms with Gasteiger partial charge in [-0.25, -0.2) is 0 Å². The van der Waals surface area contributed by atoms with Crippen LogP contribution in [-0.2, 0) is 14.3 Å². The number of piperidine rings is 1. The van der Waals surface area contributed by atoms with Gasteiger partial charge in [0.05, 0.1) is 31.8 Å². The molecule has 1 aromatic carbocycles. The van der Waals surface area contributed by atoms with Gasteiger partial charge in [-0.05, 0) is 31.4 Å². The maximum Gasteiger partial charge on any atom is 0.231 e. The molecule has 7 nitrogen and oxygen atoms in total. The van der Waals surface area contributed by atoms with Crippen molar-refractivity contribution in [1.29, 1.82) is 0 Å². The van der Waals surface area contributed by atoms with Gasteiger partial charge < -0.3 is 20.1 Å². The van der Waals surface area contributed by atoms with E-state index in [0.717, 1.165) is 38.1 Å². The van der Waals surface area contributed by atoms with Crippen LogP contribution in [0.15, 0.2) is 30.3 Å². The number of likely N-dealkylation sites (tertiary alicyclic amines) is 1. The molecule has 0 aliphatic carbocycles. The molecule has 2 fully saturated rings. The van der Waals surface area contributed by atoms with Gasteiger partial charge in [0.1, 0.15) is 5.75 Å². The summed E-state index contributed by atoms with van der Waals surface area (Å²) in [6.07, 6.45) is 2.83. The van der Waals surface area contributed by atoms with E-state index in [9.17, 15) is 9.59 Å². The van der Waals surface area contributed by atoms with Gasteiger partial charge in [-0.15, -0.1) is 0 Å². The van der Waals surface area contributed by atoms with Crippen LogP contribution in [0.1, 0.15) is 25.7 Å². The van der Waals surface area contributed by atoms with E-state index in [-0.39, 0.29) is 24.0 Å². The van der Waals surface area contributed by atoms with Crippen LogP contribution in [0.25, 0.3) is 0 Å². The Balaban J connectivity index is 1.49. The average Bonchev–Trinajstić information content (AvgIpc) is 2.81. The van der Waals surface area contributed by atoms with Crippen molar-refractivity contribution in [1.82, 2.24) is 9.80 Å². The molecule has 0 aromatic heterocycles. The molecule has 0 radical (unpaired) electrons. The Kier molecular flexibility index (Phi) is 6.68. The number of rotatable bonds is 7. The standard InChI is InChI=1S/C20H29N3O4/c21-18(24)15-22-11-8-20(9-12-22)16-23(19(25)7-14-27-20)10-4-13-26-17-5-2-1-3-6-17/h1-3,5-6H,4,7-16H2,(H2,21,24). The first-order valence-electron chi connectivity index (χ1n) is 9.67. The maximum absolute atomic E-state index is 12.4. The third-order valence-corrected chi connectivity index (χ3v) is 5.29. The number of ether oxygens (including phenoxy) is 2. The van der Waals surface area contributed by atoms with Gasteiger partial charge in [-0.3, -0.25) is 14.5 Å². The van der Waals surface area contributed by atoms with E-state index in [2.05, 4.69) is 4.90 Å². The van der Waals surface area contributed by atoms with Crippen molar-refractivity contribution in [3.63, 3.8) is 0 Å². The molecule has 0 unspecified atom stereocenters. The zero-order valence-electron chi connectivity index (χ0n) is 15.8. The summed E-state index contributed by atoms with van der Waals surface area (Å²) in [6, 6.07) is 9.70. The lowest BCUT2D eigenvalue weighted by molar-refractivity contribution is -0.132. The minimum absolute atomic E-state index is 0.145. The van der Waals surface area contributed by atoms with Crippen molar-refractivity contribution >= 4 is 11.8 Å². The summed E-state index contributed by atoms with van der Waals surface area (Å²) in [5.41, 5.74) is 4.99. The molecule has 0 bridgehead atoms. The molecule has 2 saturated heterocycles. The topological polar surface area (TPSA) is 85.1 Å². The van der Waals surface area contributed by atoms with Crippen LogP contribution in [-0.4, -0.2) is 73.2 Å². The summed E-state index contributed by atoms with van der Waals surface area (Å²) in [5, 5.41) is 0. The van der Waals surface area contributed by atoms with Crippen LogP contribution in [0.3, 0.4) is 0 Å². The molecule has 2 aliphatic heterocycles. The summed E-state index contributed by atoms with van der Waals surface area (Å²) in [4.78, 5) is 27.5. The lowest BCUT2D eigenvalue weighted by Crippen LogP contribution is -2.53. The highest BCUT2D eigenvalue weighted by Gasteiger charge is 2.40. The van der Waals surface area contributed by atoms with Crippen LogP contribution < -0.4 is 10.5 Å². The summed E-state index contributed by atoms with van der Waals surface area (Å²) < 4.78 is 11.9. The number of primary amides is 1. The van der Waals surface area contributed by atoms with Gasteiger partial charge >= 0.3 is 0 Å². The molecule has 1 aromatic rings. The Labute approximate surface area is 160 Å². The fraction of sp³-hybridized carbons (Fsp3) is 0.600. The quantitative estimate of drug-likeness (QED) is 0.720. The summed E-state index contributed by atoms with van der Waals surface area (Å²) in [6.45, 7) is 4.14. The molecule has 2 heterocycles. The van der Waals surface area contributed by atoms with Gasteiger partial charge in [-0.2, -0.15) is 0 Å². The number of carbonyl (C=O) groups excluding carboxylic acids is 2. The Morgan fingerprint density at radius 1 is 1.22 bits per heavy atom. The van der Waals surface area contributed by atoms with Crippen LogP contribution in [0.2, 0.25) is 0 Å². The second-order valence-electron chi connectivity index (χ2n) is 7.35.